The summed E-state index contributed by atoms with van der Waals surface area (Å²) in [6, 6.07) is 0. The molecule has 3 aliphatic carbocycles. The summed E-state index contributed by atoms with van der Waals surface area (Å²) >= 11 is 0. The molecular formula is C19H26O2. The van der Waals surface area contributed by atoms with Crippen molar-refractivity contribution in [2.24, 2.45) is 22.2 Å². The van der Waals surface area contributed by atoms with Crippen molar-refractivity contribution in [2.45, 2.75) is 59.3 Å². The van der Waals surface area contributed by atoms with Crippen LogP contribution in [0.3, 0.4) is 0 Å². The van der Waals surface area contributed by atoms with Crippen LogP contribution >= 0.6 is 0 Å². The normalized spacial score (nSPS) is 41.6. The maximum atomic E-state index is 12.4. The van der Waals surface area contributed by atoms with Crippen LogP contribution in [0.4, 0.5) is 0 Å². The number of carbonyl (C=O) groups excluding carboxylic acids is 2. The first-order valence-electron chi connectivity index (χ1n) is 8.03. The molecule has 0 N–H and O–H groups in total. The zero-order valence-electron chi connectivity index (χ0n) is 13.3. The van der Waals surface area contributed by atoms with E-state index < -0.39 is 0 Å². The van der Waals surface area contributed by atoms with Crippen LogP contribution in [0.25, 0.3) is 0 Å². The predicted molar refractivity (Wildman–Crippen MR) is 84.6 cm³/mol. The Kier molecular flexibility index (Phi) is 3.00. The fourth-order valence-electron chi connectivity index (χ4n) is 5.29. The van der Waals surface area contributed by atoms with Gasteiger partial charge in [-0.3, -0.25) is 9.59 Å². The molecular weight excluding hydrogens is 260 g/mol. The summed E-state index contributed by atoms with van der Waals surface area (Å²) < 4.78 is 0. The Hall–Kier alpha value is -1.36. The molecule has 2 fully saturated rings. The molecule has 0 saturated heterocycles. The third-order valence-corrected chi connectivity index (χ3v) is 6.60. The van der Waals surface area contributed by atoms with Gasteiger partial charge in [0.1, 0.15) is 5.78 Å². The van der Waals surface area contributed by atoms with Crippen molar-refractivity contribution in [3.05, 3.63) is 11.6 Å². The van der Waals surface area contributed by atoms with Crippen molar-refractivity contribution in [3.8, 4) is 12.3 Å². The summed E-state index contributed by atoms with van der Waals surface area (Å²) in [6.07, 6.45) is 12.4. The van der Waals surface area contributed by atoms with Gasteiger partial charge in [0.25, 0.3) is 0 Å². The summed E-state index contributed by atoms with van der Waals surface area (Å²) in [5.41, 5.74) is 0.508. The quantitative estimate of drug-likeness (QED) is 0.632. The van der Waals surface area contributed by atoms with Crippen molar-refractivity contribution in [3.63, 3.8) is 0 Å². The van der Waals surface area contributed by atoms with Gasteiger partial charge < -0.3 is 0 Å². The van der Waals surface area contributed by atoms with Crippen molar-refractivity contribution < 1.29 is 11.0 Å². The number of Topliss-reactive ketones (excluding diaryl/α,β-unsaturated/α-hetero) is 1. The Balaban J connectivity index is 0.00000176. The van der Waals surface area contributed by atoms with Gasteiger partial charge in [-0.05, 0) is 48.7 Å². The van der Waals surface area contributed by atoms with Crippen molar-refractivity contribution in [1.82, 2.24) is 0 Å². The number of carbonyl (C=O) groups is 2. The Bertz CT molecular complexity index is 595. The number of fused-ring (bicyclic) bond motifs is 3. The summed E-state index contributed by atoms with van der Waals surface area (Å²) in [4.78, 5) is 24.4. The third-order valence-electron chi connectivity index (χ3n) is 6.60. The molecule has 2 nitrogen and oxygen atoms in total. The second kappa shape index (κ2) is 4.32. The summed E-state index contributed by atoms with van der Waals surface area (Å²) in [6.45, 7) is 6.39. The van der Waals surface area contributed by atoms with Gasteiger partial charge in [-0.15, -0.1) is 6.42 Å². The highest BCUT2D eigenvalue weighted by molar-refractivity contribution is 5.92. The van der Waals surface area contributed by atoms with Gasteiger partial charge in [0.15, 0.2) is 5.78 Å². The van der Waals surface area contributed by atoms with Crippen LogP contribution in [0.5, 0.6) is 0 Å². The number of rotatable bonds is 0. The summed E-state index contributed by atoms with van der Waals surface area (Å²) in [5, 5.41) is 0. The molecule has 2 heteroatoms. The zero-order valence-corrected chi connectivity index (χ0v) is 13.3. The molecule has 3 atom stereocenters. The monoisotopic (exact) mass is 286 g/mol. The molecule has 0 aromatic carbocycles. The molecule has 0 amide bonds. The maximum Gasteiger partial charge on any atom is 0.155 e. The van der Waals surface area contributed by atoms with Gasteiger partial charge >= 0.3 is 0 Å². The first kappa shape index (κ1) is 14.6. The minimum Gasteiger partial charge on any atom is -0.299 e. The Morgan fingerprint density at radius 1 is 1.19 bits per heavy atom. The number of hydrogen-bond donors (Lipinski definition) is 0. The molecule has 0 aromatic rings. The van der Waals surface area contributed by atoms with Crippen LogP contribution in [-0.2, 0) is 9.59 Å². The standard InChI is InChI=1S/C19H24O2.H2/c1-5-19-10-6-13(20)12-15(19)18(4)9-8-16(21)17(2,3)14(18)7-11-19;/h1,12,14H,6-11H2,2-4H3;1H/t14?,18-,19+;/m0./s1. The van der Waals surface area contributed by atoms with Crippen molar-refractivity contribution in [1.29, 1.82) is 0 Å². The van der Waals surface area contributed by atoms with Gasteiger partial charge in [0, 0.05) is 19.7 Å². The van der Waals surface area contributed by atoms with Gasteiger partial charge in [0.05, 0.1) is 5.41 Å². The number of allylic oxidation sites excluding steroid dienone is 2. The second-order valence-electron chi connectivity index (χ2n) is 7.90. The highest BCUT2D eigenvalue weighted by Gasteiger charge is 2.59. The molecule has 0 spiro atoms. The second-order valence-corrected chi connectivity index (χ2v) is 7.90. The fraction of sp³-hybridized carbons (Fsp3) is 0.684. The largest absolute Gasteiger partial charge is 0.299 e. The van der Waals surface area contributed by atoms with Crippen LogP contribution in [0.15, 0.2) is 11.6 Å². The van der Waals surface area contributed by atoms with Crippen LogP contribution in [-0.4, -0.2) is 11.6 Å². The lowest BCUT2D eigenvalue weighted by Gasteiger charge is -2.59. The molecule has 3 aliphatic rings. The highest BCUT2D eigenvalue weighted by Crippen LogP contribution is 2.64. The van der Waals surface area contributed by atoms with Crippen LogP contribution in [0.2, 0.25) is 0 Å². The average molecular weight is 286 g/mol. The minimum atomic E-state index is -0.310. The van der Waals surface area contributed by atoms with E-state index in [0.29, 0.717) is 24.5 Å². The van der Waals surface area contributed by atoms with E-state index in [-0.39, 0.29) is 23.5 Å². The number of terminal acetylenes is 1. The molecule has 3 rings (SSSR count). The zero-order chi connectivity index (χ0) is 15.5. The van der Waals surface area contributed by atoms with Crippen LogP contribution in [0.1, 0.15) is 60.7 Å². The lowest BCUT2D eigenvalue weighted by atomic mass is 9.44. The van der Waals surface area contributed by atoms with E-state index in [0.717, 1.165) is 31.3 Å². The van der Waals surface area contributed by atoms with Gasteiger partial charge in [-0.2, -0.15) is 0 Å². The highest BCUT2D eigenvalue weighted by atomic mass is 16.1. The van der Waals surface area contributed by atoms with E-state index in [9.17, 15) is 9.59 Å². The van der Waals surface area contributed by atoms with Gasteiger partial charge in [-0.1, -0.05) is 26.7 Å². The van der Waals surface area contributed by atoms with Gasteiger partial charge in [0.2, 0.25) is 0 Å². The molecule has 0 radical (unpaired) electrons. The average Bonchev–Trinajstić information content (AvgIpc) is 2.44. The number of hydrogen-bond acceptors (Lipinski definition) is 2. The Morgan fingerprint density at radius 2 is 1.90 bits per heavy atom. The smallest absolute Gasteiger partial charge is 0.155 e. The lowest BCUT2D eigenvalue weighted by molar-refractivity contribution is -0.141. The molecule has 0 bridgehead atoms. The molecule has 0 aliphatic heterocycles. The van der Waals surface area contributed by atoms with Crippen LogP contribution in [0, 0.1) is 34.5 Å². The lowest BCUT2D eigenvalue weighted by Crippen LogP contribution is -2.54. The van der Waals surface area contributed by atoms with Gasteiger partial charge in [-0.25, -0.2) is 0 Å². The molecule has 0 heterocycles. The van der Waals surface area contributed by atoms with E-state index in [1.54, 1.807) is 0 Å². The fourth-order valence-corrected chi connectivity index (χ4v) is 5.29. The van der Waals surface area contributed by atoms with Crippen LogP contribution < -0.4 is 0 Å². The van der Waals surface area contributed by atoms with E-state index >= 15 is 0 Å². The third kappa shape index (κ3) is 1.79. The van der Waals surface area contributed by atoms with E-state index in [1.807, 2.05) is 6.08 Å². The SMILES string of the molecule is C#C[C@]12CCC(=O)C=C1[C@@]1(C)CCC(=O)C(C)(C)C1CC2.[HH]. The molecule has 1 unspecified atom stereocenters. The molecule has 114 valence electrons. The van der Waals surface area contributed by atoms with E-state index in [4.69, 9.17) is 6.42 Å². The number of ketones is 2. The first-order chi connectivity index (χ1) is 9.76. The molecule has 21 heavy (non-hydrogen) atoms. The van der Waals surface area contributed by atoms with E-state index in [2.05, 4.69) is 26.7 Å². The molecule has 0 aromatic heterocycles. The summed E-state index contributed by atoms with van der Waals surface area (Å²) in [5.74, 6) is 3.89. The Morgan fingerprint density at radius 3 is 2.57 bits per heavy atom. The summed E-state index contributed by atoms with van der Waals surface area (Å²) in [7, 11) is 0. The maximum absolute atomic E-state index is 12.4. The minimum absolute atomic E-state index is 0. The Labute approximate surface area is 128 Å². The van der Waals surface area contributed by atoms with Crippen molar-refractivity contribution >= 4 is 11.6 Å². The molecule has 2 saturated carbocycles. The van der Waals surface area contributed by atoms with Crippen molar-refractivity contribution in [2.75, 3.05) is 0 Å². The van der Waals surface area contributed by atoms with E-state index in [1.165, 1.54) is 0 Å². The first-order valence-corrected chi connectivity index (χ1v) is 8.03. The predicted octanol–water partition coefficient (Wildman–Crippen LogP) is 3.95. The topological polar surface area (TPSA) is 34.1 Å².